The van der Waals surface area contributed by atoms with Crippen LogP contribution in [0.15, 0.2) is 46.9 Å². The van der Waals surface area contributed by atoms with Crippen LogP contribution in [0.2, 0.25) is 5.02 Å². The summed E-state index contributed by atoms with van der Waals surface area (Å²) in [4.78, 5) is 2.24. The molecule has 1 unspecified atom stereocenters. The monoisotopic (exact) mass is 366 g/mol. The minimum absolute atomic E-state index is 0.103. The number of halogens is 2. The van der Waals surface area contributed by atoms with E-state index in [0.717, 1.165) is 21.6 Å². The van der Waals surface area contributed by atoms with Crippen molar-refractivity contribution in [3.63, 3.8) is 0 Å². The zero-order chi connectivity index (χ0) is 15.4. The molecule has 0 aromatic heterocycles. The SMILES string of the molecule is Cc1cccc(CN(C)C(CN)c2ccc(Br)cc2Cl)c1. The minimum Gasteiger partial charge on any atom is -0.329 e. The standard InChI is InChI=1S/C17H20BrClN2/c1-12-4-3-5-13(8-12)11-21(2)17(10-20)15-7-6-14(18)9-16(15)19/h3-9,17H,10-11,20H2,1-2H3. The quantitative estimate of drug-likeness (QED) is 0.840. The second kappa shape index (κ2) is 7.41. The summed E-state index contributed by atoms with van der Waals surface area (Å²) in [5, 5.41) is 0.746. The molecule has 1 atom stereocenters. The molecule has 2 aromatic rings. The fourth-order valence-electron chi connectivity index (χ4n) is 2.52. The first-order valence-corrected chi connectivity index (χ1v) is 8.09. The van der Waals surface area contributed by atoms with Gasteiger partial charge in [-0.05, 0) is 37.2 Å². The van der Waals surface area contributed by atoms with Gasteiger partial charge in [0.2, 0.25) is 0 Å². The highest BCUT2D eigenvalue weighted by Gasteiger charge is 2.18. The third-order valence-corrected chi connectivity index (χ3v) is 4.41. The smallest absolute Gasteiger partial charge is 0.0485 e. The van der Waals surface area contributed by atoms with Crippen LogP contribution >= 0.6 is 27.5 Å². The summed E-state index contributed by atoms with van der Waals surface area (Å²) in [5.74, 6) is 0. The Morgan fingerprint density at radius 1 is 1.24 bits per heavy atom. The number of hydrogen-bond acceptors (Lipinski definition) is 2. The third-order valence-electron chi connectivity index (χ3n) is 3.59. The van der Waals surface area contributed by atoms with Crippen molar-refractivity contribution in [2.24, 2.45) is 5.73 Å². The summed E-state index contributed by atoms with van der Waals surface area (Å²) in [5.41, 5.74) is 9.60. The van der Waals surface area contributed by atoms with E-state index in [1.54, 1.807) is 0 Å². The average molecular weight is 368 g/mol. The molecule has 0 saturated heterocycles. The minimum atomic E-state index is 0.103. The highest BCUT2D eigenvalue weighted by molar-refractivity contribution is 9.10. The van der Waals surface area contributed by atoms with Crippen LogP contribution in [-0.2, 0) is 6.54 Å². The lowest BCUT2D eigenvalue weighted by Crippen LogP contribution is -2.30. The Labute approximate surface area is 140 Å². The Morgan fingerprint density at radius 2 is 2.00 bits per heavy atom. The predicted octanol–water partition coefficient (Wildman–Crippen LogP) is 4.54. The summed E-state index contributed by atoms with van der Waals surface area (Å²) in [7, 11) is 2.08. The van der Waals surface area contributed by atoms with Gasteiger partial charge in [0.1, 0.15) is 0 Å². The van der Waals surface area contributed by atoms with Gasteiger partial charge in [-0.2, -0.15) is 0 Å². The van der Waals surface area contributed by atoms with Crippen LogP contribution in [0.5, 0.6) is 0 Å². The number of aryl methyl sites for hydroxylation is 1. The zero-order valence-corrected chi connectivity index (χ0v) is 14.7. The zero-order valence-electron chi connectivity index (χ0n) is 12.3. The van der Waals surface area contributed by atoms with E-state index in [1.807, 2.05) is 18.2 Å². The molecule has 0 radical (unpaired) electrons. The molecule has 0 bridgehead atoms. The Balaban J connectivity index is 2.20. The van der Waals surface area contributed by atoms with E-state index in [2.05, 4.69) is 59.1 Å². The van der Waals surface area contributed by atoms with Crippen LogP contribution in [0.1, 0.15) is 22.7 Å². The fourth-order valence-corrected chi connectivity index (χ4v) is 3.32. The van der Waals surface area contributed by atoms with Crippen molar-refractivity contribution in [3.8, 4) is 0 Å². The average Bonchev–Trinajstić information content (AvgIpc) is 2.42. The lowest BCUT2D eigenvalue weighted by molar-refractivity contribution is 0.242. The van der Waals surface area contributed by atoms with Crippen molar-refractivity contribution in [1.29, 1.82) is 0 Å². The lowest BCUT2D eigenvalue weighted by Gasteiger charge is -2.28. The van der Waals surface area contributed by atoms with Gasteiger partial charge in [-0.1, -0.05) is 63.4 Å². The van der Waals surface area contributed by atoms with E-state index in [-0.39, 0.29) is 6.04 Å². The van der Waals surface area contributed by atoms with Crippen molar-refractivity contribution >= 4 is 27.5 Å². The van der Waals surface area contributed by atoms with E-state index in [9.17, 15) is 0 Å². The molecule has 0 saturated carbocycles. The normalized spacial score (nSPS) is 12.7. The van der Waals surface area contributed by atoms with E-state index < -0.39 is 0 Å². The van der Waals surface area contributed by atoms with Gasteiger partial charge < -0.3 is 5.73 Å². The van der Waals surface area contributed by atoms with Gasteiger partial charge in [-0.3, -0.25) is 4.90 Å². The van der Waals surface area contributed by atoms with Crippen molar-refractivity contribution in [1.82, 2.24) is 4.90 Å². The van der Waals surface area contributed by atoms with Gasteiger partial charge >= 0.3 is 0 Å². The number of nitrogens with zero attached hydrogens (tertiary/aromatic N) is 1. The Kier molecular flexibility index (Phi) is 5.82. The van der Waals surface area contributed by atoms with Gasteiger partial charge in [0.25, 0.3) is 0 Å². The maximum atomic E-state index is 6.36. The summed E-state index contributed by atoms with van der Waals surface area (Å²) < 4.78 is 0.980. The summed E-state index contributed by atoms with van der Waals surface area (Å²) in [6.45, 7) is 3.48. The molecular weight excluding hydrogens is 348 g/mol. The number of benzene rings is 2. The topological polar surface area (TPSA) is 29.3 Å². The van der Waals surface area contributed by atoms with Crippen LogP contribution in [0, 0.1) is 6.92 Å². The molecule has 112 valence electrons. The van der Waals surface area contributed by atoms with Crippen molar-refractivity contribution < 1.29 is 0 Å². The van der Waals surface area contributed by atoms with Gasteiger partial charge in [0.15, 0.2) is 0 Å². The number of likely N-dealkylation sites (N-methyl/N-ethyl adjacent to an activating group) is 1. The highest BCUT2D eigenvalue weighted by Crippen LogP contribution is 2.29. The molecule has 0 heterocycles. The number of nitrogens with two attached hydrogens (primary N) is 1. The van der Waals surface area contributed by atoms with Crippen LogP contribution in [0.4, 0.5) is 0 Å². The van der Waals surface area contributed by atoms with E-state index >= 15 is 0 Å². The Morgan fingerprint density at radius 3 is 2.62 bits per heavy atom. The molecule has 4 heteroatoms. The van der Waals surface area contributed by atoms with Gasteiger partial charge in [0, 0.05) is 28.6 Å². The molecule has 0 aliphatic rings. The van der Waals surface area contributed by atoms with Gasteiger partial charge in [-0.15, -0.1) is 0 Å². The third kappa shape index (κ3) is 4.30. The molecule has 0 amide bonds. The maximum absolute atomic E-state index is 6.36. The first-order chi connectivity index (χ1) is 10.0. The highest BCUT2D eigenvalue weighted by atomic mass is 79.9. The van der Waals surface area contributed by atoms with Crippen molar-refractivity contribution in [2.75, 3.05) is 13.6 Å². The van der Waals surface area contributed by atoms with Crippen LogP contribution < -0.4 is 5.73 Å². The molecule has 0 aliphatic heterocycles. The molecule has 2 rings (SSSR count). The maximum Gasteiger partial charge on any atom is 0.0485 e. The molecule has 2 nitrogen and oxygen atoms in total. The van der Waals surface area contributed by atoms with Crippen LogP contribution in [0.25, 0.3) is 0 Å². The van der Waals surface area contributed by atoms with Crippen molar-refractivity contribution in [3.05, 3.63) is 68.7 Å². The molecule has 21 heavy (non-hydrogen) atoms. The molecule has 0 fully saturated rings. The predicted molar refractivity (Wildman–Crippen MR) is 93.6 cm³/mol. The summed E-state index contributed by atoms with van der Waals surface area (Å²) in [6.07, 6.45) is 0. The van der Waals surface area contributed by atoms with Crippen LogP contribution in [-0.4, -0.2) is 18.5 Å². The van der Waals surface area contributed by atoms with Gasteiger partial charge in [0.05, 0.1) is 0 Å². The second-order valence-corrected chi connectivity index (χ2v) is 6.64. The molecule has 0 spiro atoms. The van der Waals surface area contributed by atoms with Gasteiger partial charge in [-0.25, -0.2) is 0 Å². The Hall–Kier alpha value is -0.870. The molecular formula is C17H20BrClN2. The van der Waals surface area contributed by atoms with E-state index in [4.69, 9.17) is 17.3 Å². The second-order valence-electron chi connectivity index (χ2n) is 5.32. The van der Waals surface area contributed by atoms with E-state index in [0.29, 0.717) is 6.54 Å². The Bertz CT molecular complexity index is 615. The molecule has 2 aromatic carbocycles. The summed E-state index contributed by atoms with van der Waals surface area (Å²) in [6, 6.07) is 14.6. The summed E-state index contributed by atoms with van der Waals surface area (Å²) >= 11 is 9.80. The van der Waals surface area contributed by atoms with Crippen molar-refractivity contribution in [2.45, 2.75) is 19.5 Å². The lowest BCUT2D eigenvalue weighted by atomic mass is 10.0. The number of hydrogen-bond donors (Lipinski definition) is 1. The fraction of sp³-hybridized carbons (Fsp3) is 0.294. The van der Waals surface area contributed by atoms with Crippen LogP contribution in [0.3, 0.4) is 0 Å². The largest absolute Gasteiger partial charge is 0.329 e. The molecule has 0 aliphatic carbocycles. The first kappa shape index (κ1) is 16.5. The molecule has 2 N–H and O–H groups in total. The number of rotatable bonds is 5. The first-order valence-electron chi connectivity index (χ1n) is 6.92. The van der Waals surface area contributed by atoms with E-state index in [1.165, 1.54) is 11.1 Å².